The minimum absolute atomic E-state index is 0.168. The second-order valence-corrected chi connectivity index (χ2v) is 9.12. The Morgan fingerprint density at radius 2 is 1.95 bits per heavy atom. The summed E-state index contributed by atoms with van der Waals surface area (Å²) >= 11 is 0. The smallest absolute Gasteiger partial charge is 0.290 e. The Kier molecular flexibility index (Phi) is 5.05. The fourth-order valence-electron chi connectivity index (χ4n) is 5.24. The molecule has 5 aromatic rings. The van der Waals surface area contributed by atoms with Crippen molar-refractivity contribution in [1.29, 1.82) is 0 Å². The fourth-order valence-corrected chi connectivity index (χ4v) is 5.24. The number of rotatable bonds is 5. The molecule has 3 aromatic heterocycles. The molecule has 2 aromatic carbocycles. The molecule has 1 atom stereocenters. The second kappa shape index (κ2) is 8.70. The first-order chi connectivity index (χ1) is 18.2. The van der Waals surface area contributed by atoms with E-state index in [1.165, 1.54) is 34.9 Å². The van der Waals surface area contributed by atoms with Crippen LogP contribution in [0.25, 0.3) is 16.6 Å². The Morgan fingerprint density at radius 1 is 1.05 bits per heavy atom. The van der Waals surface area contributed by atoms with Crippen molar-refractivity contribution in [2.45, 2.75) is 25.5 Å². The Bertz CT molecular complexity index is 1660. The fraction of sp³-hybridized carbons (Fsp3) is 0.179. The molecule has 9 nitrogen and oxygen atoms in total. The number of benzene rings is 2. The van der Waals surface area contributed by atoms with Crippen LogP contribution in [-0.4, -0.2) is 37.5 Å². The summed E-state index contributed by atoms with van der Waals surface area (Å²) in [7, 11) is 0. The number of hydrogen-bond donors (Lipinski definition) is 0. The Balaban J connectivity index is 1.16. The lowest BCUT2D eigenvalue weighted by Gasteiger charge is -2.34. The van der Waals surface area contributed by atoms with Crippen LogP contribution in [0.1, 0.15) is 45.6 Å². The van der Waals surface area contributed by atoms with E-state index in [0.29, 0.717) is 30.2 Å². The van der Waals surface area contributed by atoms with Gasteiger partial charge in [-0.15, -0.1) is 10.2 Å². The van der Waals surface area contributed by atoms with Crippen molar-refractivity contribution in [3.05, 3.63) is 107 Å². The molecule has 0 spiro atoms. The van der Waals surface area contributed by atoms with E-state index in [1.54, 1.807) is 23.4 Å². The average Bonchev–Trinajstić information content (AvgIpc) is 3.70. The number of aromatic nitrogens is 4. The van der Waals surface area contributed by atoms with Gasteiger partial charge in [0.2, 0.25) is 12.3 Å². The van der Waals surface area contributed by atoms with Crippen molar-refractivity contribution in [2.24, 2.45) is 0 Å². The minimum Gasteiger partial charge on any atom is -0.489 e. The summed E-state index contributed by atoms with van der Waals surface area (Å²) in [6.45, 7) is 0.627. The standard InChI is InChI=1S/C28H21N5O4/c34-28(26-18(7-10-35-26)15-36-20-5-6-23-24(12-20)30-9-8-29-23)33-14-19-11-17-3-1-2-4-21(17)22(19)13-25(33)27-32-31-16-37-27/h1-10,12,16,25H,11,13-15H2/t25-/m1/s1. The van der Waals surface area contributed by atoms with Crippen molar-refractivity contribution in [2.75, 3.05) is 6.54 Å². The molecule has 9 heteroatoms. The van der Waals surface area contributed by atoms with Crippen molar-refractivity contribution in [3.8, 4) is 5.75 Å². The maximum Gasteiger partial charge on any atom is 0.290 e. The summed E-state index contributed by atoms with van der Waals surface area (Å²) < 4.78 is 17.3. The molecule has 0 bridgehead atoms. The molecule has 182 valence electrons. The predicted octanol–water partition coefficient (Wildman–Crippen LogP) is 4.78. The number of amides is 1. The molecule has 0 saturated carbocycles. The van der Waals surface area contributed by atoms with Gasteiger partial charge in [-0.1, -0.05) is 24.3 Å². The van der Waals surface area contributed by atoms with Crippen LogP contribution in [0.5, 0.6) is 5.75 Å². The summed E-state index contributed by atoms with van der Waals surface area (Å²) in [4.78, 5) is 24.3. The van der Waals surface area contributed by atoms with Gasteiger partial charge in [0.15, 0.2) is 5.76 Å². The normalized spacial score (nSPS) is 16.6. The van der Waals surface area contributed by atoms with Crippen LogP contribution < -0.4 is 4.74 Å². The van der Waals surface area contributed by atoms with E-state index in [-0.39, 0.29) is 18.3 Å². The maximum absolute atomic E-state index is 13.9. The SMILES string of the molecule is O=C(c1occc1COc1ccc2nccnc2c1)N1CC2=C(C[C@@H]1c1nnco1)c1ccccc1C2. The number of nitrogens with zero attached hydrogens (tertiary/aromatic N) is 5. The molecule has 0 fully saturated rings. The van der Waals surface area contributed by atoms with Gasteiger partial charge >= 0.3 is 0 Å². The molecule has 0 unspecified atom stereocenters. The molecule has 0 N–H and O–H groups in total. The third kappa shape index (κ3) is 3.76. The third-order valence-electron chi connectivity index (χ3n) is 7.01. The van der Waals surface area contributed by atoms with E-state index in [1.807, 2.05) is 30.3 Å². The number of fused-ring (bicyclic) bond motifs is 3. The van der Waals surface area contributed by atoms with Crippen LogP contribution >= 0.6 is 0 Å². The summed E-state index contributed by atoms with van der Waals surface area (Å²) in [5, 5.41) is 8.01. The summed E-state index contributed by atoms with van der Waals surface area (Å²) in [5.74, 6) is 1.04. The molecule has 2 aliphatic rings. The van der Waals surface area contributed by atoms with Crippen molar-refractivity contribution in [3.63, 3.8) is 0 Å². The van der Waals surface area contributed by atoms with Gasteiger partial charge in [-0.3, -0.25) is 14.8 Å². The summed E-state index contributed by atoms with van der Waals surface area (Å²) in [6, 6.07) is 15.3. The molecule has 1 amide bonds. The molecule has 37 heavy (non-hydrogen) atoms. The van der Waals surface area contributed by atoms with Gasteiger partial charge in [0.05, 0.1) is 17.3 Å². The second-order valence-electron chi connectivity index (χ2n) is 9.12. The molecular weight excluding hydrogens is 470 g/mol. The first-order valence-electron chi connectivity index (χ1n) is 12.0. The zero-order valence-corrected chi connectivity index (χ0v) is 19.7. The highest BCUT2D eigenvalue weighted by molar-refractivity contribution is 5.94. The number of carbonyl (C=O) groups is 1. The molecule has 0 radical (unpaired) electrons. The van der Waals surface area contributed by atoms with Gasteiger partial charge in [0.25, 0.3) is 5.91 Å². The number of ether oxygens (including phenoxy) is 1. The zero-order chi connectivity index (χ0) is 24.8. The lowest BCUT2D eigenvalue weighted by molar-refractivity contribution is 0.0624. The van der Waals surface area contributed by atoms with Crippen molar-refractivity contribution in [1.82, 2.24) is 25.1 Å². The van der Waals surface area contributed by atoms with Gasteiger partial charge in [-0.25, -0.2) is 0 Å². The molecule has 4 heterocycles. The Hall–Kier alpha value is -4.79. The lowest BCUT2D eigenvalue weighted by atomic mass is 9.92. The van der Waals surface area contributed by atoms with Crippen LogP contribution in [0.2, 0.25) is 0 Å². The first kappa shape index (κ1) is 21.5. The molecular formula is C28H21N5O4. The molecule has 1 aliphatic heterocycles. The Morgan fingerprint density at radius 3 is 2.84 bits per heavy atom. The van der Waals surface area contributed by atoms with E-state index in [0.717, 1.165) is 17.5 Å². The largest absolute Gasteiger partial charge is 0.489 e. The zero-order valence-electron chi connectivity index (χ0n) is 19.7. The van der Waals surface area contributed by atoms with Gasteiger partial charge < -0.3 is 18.5 Å². The first-order valence-corrected chi connectivity index (χ1v) is 12.0. The molecule has 1 aliphatic carbocycles. The van der Waals surface area contributed by atoms with E-state index in [4.69, 9.17) is 13.6 Å². The van der Waals surface area contributed by atoms with Gasteiger partial charge in [-0.2, -0.15) is 0 Å². The minimum atomic E-state index is -0.391. The van der Waals surface area contributed by atoms with E-state index in [2.05, 4.69) is 32.3 Å². The van der Waals surface area contributed by atoms with E-state index >= 15 is 0 Å². The third-order valence-corrected chi connectivity index (χ3v) is 7.01. The van der Waals surface area contributed by atoms with Crippen LogP contribution in [0.3, 0.4) is 0 Å². The highest BCUT2D eigenvalue weighted by atomic mass is 16.5. The quantitative estimate of drug-likeness (QED) is 0.346. The number of hydrogen-bond acceptors (Lipinski definition) is 8. The van der Waals surface area contributed by atoms with E-state index < -0.39 is 6.04 Å². The van der Waals surface area contributed by atoms with Crippen LogP contribution in [0.15, 0.2) is 88.0 Å². The van der Waals surface area contributed by atoms with Crippen LogP contribution in [-0.2, 0) is 13.0 Å². The van der Waals surface area contributed by atoms with Gasteiger partial charge in [-0.05, 0) is 46.9 Å². The average molecular weight is 492 g/mol. The highest BCUT2D eigenvalue weighted by Gasteiger charge is 2.39. The van der Waals surface area contributed by atoms with Gasteiger partial charge in [0, 0.05) is 37.0 Å². The molecule has 7 rings (SSSR count). The van der Waals surface area contributed by atoms with Crippen molar-refractivity contribution < 1.29 is 18.4 Å². The highest BCUT2D eigenvalue weighted by Crippen LogP contribution is 2.44. The maximum atomic E-state index is 13.9. The summed E-state index contributed by atoms with van der Waals surface area (Å²) in [5.41, 5.74) is 7.18. The van der Waals surface area contributed by atoms with Gasteiger partial charge in [0.1, 0.15) is 18.4 Å². The molecule has 0 saturated heterocycles. The number of furan rings is 1. The summed E-state index contributed by atoms with van der Waals surface area (Å²) in [6.07, 6.45) is 7.53. The Labute approximate surface area is 211 Å². The topological polar surface area (TPSA) is 107 Å². The number of carbonyl (C=O) groups excluding carboxylic acids is 1. The van der Waals surface area contributed by atoms with Crippen LogP contribution in [0, 0.1) is 0 Å². The van der Waals surface area contributed by atoms with E-state index in [9.17, 15) is 4.79 Å². The van der Waals surface area contributed by atoms with Crippen LogP contribution in [0.4, 0.5) is 0 Å². The van der Waals surface area contributed by atoms with Crippen molar-refractivity contribution >= 4 is 22.5 Å². The monoisotopic (exact) mass is 491 g/mol. The lowest BCUT2D eigenvalue weighted by Crippen LogP contribution is -2.39. The predicted molar refractivity (Wildman–Crippen MR) is 132 cm³/mol.